The van der Waals surface area contributed by atoms with E-state index in [1.807, 2.05) is 48.5 Å². The molecule has 1 unspecified atom stereocenters. The molecule has 4 heteroatoms. The number of rotatable bonds is 11. The summed E-state index contributed by atoms with van der Waals surface area (Å²) in [5.41, 5.74) is 4.63. The van der Waals surface area contributed by atoms with Crippen molar-refractivity contribution in [3.05, 3.63) is 101 Å². The normalized spacial score (nSPS) is 11.8. The van der Waals surface area contributed by atoms with E-state index in [9.17, 15) is 4.79 Å². The van der Waals surface area contributed by atoms with Crippen LogP contribution in [0.1, 0.15) is 36.5 Å². The molecule has 0 aromatic heterocycles. The lowest BCUT2D eigenvalue weighted by molar-refractivity contribution is -0.116. The van der Waals surface area contributed by atoms with E-state index in [0.29, 0.717) is 12.5 Å². The van der Waals surface area contributed by atoms with Gasteiger partial charge in [-0.1, -0.05) is 66.2 Å². The van der Waals surface area contributed by atoms with Gasteiger partial charge in [0.25, 0.3) is 0 Å². The molecule has 0 aliphatic rings. The number of benzene rings is 3. The van der Waals surface area contributed by atoms with Crippen LogP contribution in [0.5, 0.6) is 0 Å². The molecule has 31 heavy (non-hydrogen) atoms. The summed E-state index contributed by atoms with van der Waals surface area (Å²) in [7, 11) is 0. The summed E-state index contributed by atoms with van der Waals surface area (Å²) in [5, 5.41) is 7.36. The summed E-state index contributed by atoms with van der Waals surface area (Å²) < 4.78 is 0. The van der Waals surface area contributed by atoms with Crippen LogP contribution in [0.15, 0.2) is 78.9 Å². The van der Waals surface area contributed by atoms with Crippen molar-refractivity contribution in [2.45, 2.75) is 45.1 Å². The Morgan fingerprint density at radius 1 is 0.871 bits per heavy atom. The van der Waals surface area contributed by atoms with E-state index in [1.165, 1.54) is 16.7 Å². The molecule has 1 atom stereocenters. The Morgan fingerprint density at radius 2 is 1.61 bits per heavy atom. The molecule has 3 nitrogen and oxygen atoms in total. The number of aryl methyl sites for hydroxylation is 1. The van der Waals surface area contributed by atoms with Gasteiger partial charge < -0.3 is 10.6 Å². The number of amides is 1. The molecule has 162 valence electrons. The van der Waals surface area contributed by atoms with Crippen LogP contribution in [-0.4, -0.2) is 18.5 Å². The lowest BCUT2D eigenvalue weighted by Gasteiger charge is -2.14. The predicted octanol–water partition coefficient (Wildman–Crippen LogP) is 6.06. The van der Waals surface area contributed by atoms with Crippen molar-refractivity contribution >= 4 is 23.2 Å². The second-order valence-electron chi connectivity index (χ2n) is 8.02. The Bertz CT molecular complexity index is 941. The second-order valence-corrected chi connectivity index (χ2v) is 8.46. The molecule has 1 amide bonds. The average Bonchev–Trinajstić information content (AvgIpc) is 2.76. The van der Waals surface area contributed by atoms with Gasteiger partial charge in [-0.25, -0.2) is 0 Å². The molecule has 3 aromatic carbocycles. The van der Waals surface area contributed by atoms with Gasteiger partial charge in [0, 0.05) is 23.2 Å². The highest BCUT2D eigenvalue weighted by Crippen LogP contribution is 2.13. The lowest BCUT2D eigenvalue weighted by Crippen LogP contribution is -2.30. The maximum absolute atomic E-state index is 12.2. The number of carbonyl (C=O) groups excluding carboxylic acids is 1. The zero-order chi connectivity index (χ0) is 21.9. The standard InChI is InChI=1S/C27H31ClN2O/c1-21(29-18-17-23-10-5-11-25(28)20-23)19-24-13-15-26(16-14-24)30-27(31)12-6-9-22-7-3-2-4-8-22/h2-5,7-8,10-11,13-16,20-21,29H,6,9,12,17-19H2,1H3,(H,30,31). The maximum Gasteiger partial charge on any atom is 0.224 e. The van der Waals surface area contributed by atoms with Gasteiger partial charge >= 0.3 is 0 Å². The monoisotopic (exact) mass is 434 g/mol. The number of halogens is 1. The first-order valence-electron chi connectivity index (χ1n) is 11.0. The number of hydrogen-bond acceptors (Lipinski definition) is 2. The van der Waals surface area contributed by atoms with Gasteiger partial charge in [0.2, 0.25) is 5.91 Å². The van der Waals surface area contributed by atoms with Crippen molar-refractivity contribution in [2.75, 3.05) is 11.9 Å². The first-order valence-corrected chi connectivity index (χ1v) is 11.4. The van der Waals surface area contributed by atoms with Crippen molar-refractivity contribution < 1.29 is 4.79 Å². The van der Waals surface area contributed by atoms with Gasteiger partial charge in [-0.2, -0.15) is 0 Å². The van der Waals surface area contributed by atoms with E-state index in [2.05, 4.69) is 47.9 Å². The predicted molar refractivity (Wildman–Crippen MR) is 131 cm³/mol. The van der Waals surface area contributed by atoms with Gasteiger partial charge in [-0.3, -0.25) is 4.79 Å². The van der Waals surface area contributed by atoms with E-state index >= 15 is 0 Å². The molecule has 2 N–H and O–H groups in total. The lowest BCUT2D eigenvalue weighted by atomic mass is 10.1. The highest BCUT2D eigenvalue weighted by molar-refractivity contribution is 6.30. The fourth-order valence-electron chi connectivity index (χ4n) is 3.63. The van der Waals surface area contributed by atoms with E-state index in [1.54, 1.807) is 0 Å². The molecule has 0 spiro atoms. The highest BCUT2D eigenvalue weighted by atomic mass is 35.5. The second kappa shape index (κ2) is 12.3. The van der Waals surface area contributed by atoms with Crippen molar-refractivity contribution in [3.8, 4) is 0 Å². The molecule has 3 rings (SSSR count). The topological polar surface area (TPSA) is 41.1 Å². The minimum atomic E-state index is 0.0692. The van der Waals surface area contributed by atoms with Crippen LogP contribution in [0, 0.1) is 0 Å². The minimum Gasteiger partial charge on any atom is -0.326 e. The largest absolute Gasteiger partial charge is 0.326 e. The molecular weight excluding hydrogens is 404 g/mol. The number of carbonyl (C=O) groups is 1. The highest BCUT2D eigenvalue weighted by Gasteiger charge is 2.06. The first-order chi connectivity index (χ1) is 15.1. The zero-order valence-corrected chi connectivity index (χ0v) is 18.9. The summed E-state index contributed by atoms with van der Waals surface area (Å²) >= 11 is 6.04. The third kappa shape index (κ3) is 8.56. The van der Waals surface area contributed by atoms with Crippen LogP contribution in [0.25, 0.3) is 0 Å². The maximum atomic E-state index is 12.2. The Kier molecular flexibility index (Phi) is 9.14. The van der Waals surface area contributed by atoms with Gasteiger partial charge in [-0.05, 0) is 80.1 Å². The Labute approximate surface area is 190 Å². The van der Waals surface area contributed by atoms with Crippen LogP contribution in [0.3, 0.4) is 0 Å². The fourth-order valence-corrected chi connectivity index (χ4v) is 3.84. The van der Waals surface area contributed by atoms with E-state index < -0.39 is 0 Å². The third-order valence-corrected chi connectivity index (χ3v) is 5.52. The number of nitrogens with one attached hydrogen (secondary N) is 2. The Morgan fingerprint density at radius 3 is 2.35 bits per heavy atom. The molecule has 0 aliphatic carbocycles. The molecule has 0 heterocycles. The molecule has 0 radical (unpaired) electrons. The molecular formula is C27H31ClN2O. The zero-order valence-electron chi connectivity index (χ0n) is 18.1. The molecule has 0 aliphatic heterocycles. The first kappa shape index (κ1) is 23.1. The van der Waals surface area contributed by atoms with Crippen LogP contribution in [0.2, 0.25) is 5.02 Å². The molecule has 0 bridgehead atoms. The number of anilines is 1. The SMILES string of the molecule is CC(Cc1ccc(NC(=O)CCCc2ccccc2)cc1)NCCc1cccc(Cl)c1. The van der Waals surface area contributed by atoms with Gasteiger partial charge in [0.15, 0.2) is 0 Å². The smallest absolute Gasteiger partial charge is 0.224 e. The summed E-state index contributed by atoms with van der Waals surface area (Å²) in [6.07, 6.45) is 4.22. The van der Waals surface area contributed by atoms with E-state index in [4.69, 9.17) is 11.6 Å². The van der Waals surface area contributed by atoms with Crippen molar-refractivity contribution in [1.29, 1.82) is 0 Å². The van der Waals surface area contributed by atoms with Crippen molar-refractivity contribution in [1.82, 2.24) is 5.32 Å². The number of hydrogen-bond donors (Lipinski definition) is 2. The Hall–Kier alpha value is -2.62. The molecule has 0 saturated carbocycles. The van der Waals surface area contributed by atoms with Crippen LogP contribution in [0.4, 0.5) is 5.69 Å². The quantitative estimate of drug-likeness (QED) is 0.384. The third-order valence-electron chi connectivity index (χ3n) is 5.29. The summed E-state index contributed by atoms with van der Waals surface area (Å²) in [6.45, 7) is 3.11. The summed E-state index contributed by atoms with van der Waals surface area (Å²) in [5.74, 6) is 0.0692. The minimum absolute atomic E-state index is 0.0692. The van der Waals surface area contributed by atoms with Crippen LogP contribution >= 0.6 is 11.6 Å². The van der Waals surface area contributed by atoms with Crippen molar-refractivity contribution in [3.63, 3.8) is 0 Å². The Balaban J connectivity index is 1.35. The molecule has 0 fully saturated rings. The van der Waals surface area contributed by atoms with Crippen molar-refractivity contribution in [2.24, 2.45) is 0 Å². The van der Waals surface area contributed by atoms with E-state index in [-0.39, 0.29) is 5.91 Å². The fraction of sp³-hybridized carbons (Fsp3) is 0.296. The molecule has 3 aromatic rings. The van der Waals surface area contributed by atoms with Crippen LogP contribution < -0.4 is 10.6 Å². The van der Waals surface area contributed by atoms with Gasteiger partial charge in [-0.15, -0.1) is 0 Å². The molecule has 0 saturated heterocycles. The summed E-state index contributed by atoms with van der Waals surface area (Å²) in [4.78, 5) is 12.2. The van der Waals surface area contributed by atoms with Gasteiger partial charge in [0.05, 0.1) is 0 Å². The van der Waals surface area contributed by atoms with E-state index in [0.717, 1.165) is 42.9 Å². The average molecular weight is 435 g/mol. The van der Waals surface area contributed by atoms with Gasteiger partial charge in [0.1, 0.15) is 0 Å². The summed E-state index contributed by atoms with van der Waals surface area (Å²) in [6, 6.07) is 26.8. The van der Waals surface area contributed by atoms with Crippen LogP contribution in [-0.2, 0) is 24.1 Å².